The molecule has 0 aliphatic heterocycles. The number of nitrogens with zero attached hydrogens (tertiary/aromatic N) is 1. The van der Waals surface area contributed by atoms with E-state index in [2.05, 4.69) is 26.5 Å². The third-order valence-corrected chi connectivity index (χ3v) is 4.39. The molecule has 1 amide bonds. The number of halogens is 1. The largest absolute Gasteiger partial charge is 0.489 e. The molecule has 0 atom stereocenters. The maximum absolute atomic E-state index is 12.0. The average Bonchev–Trinajstić information content (AvgIpc) is 2.68. The summed E-state index contributed by atoms with van der Waals surface area (Å²) in [5, 5.41) is 4.01. The number of hydrogen-bond acceptors (Lipinski definition) is 3. The van der Waals surface area contributed by atoms with Crippen LogP contribution in [0.5, 0.6) is 5.75 Å². The third kappa shape index (κ3) is 5.79. The molecule has 27 heavy (non-hydrogen) atoms. The molecule has 0 bridgehead atoms. The molecule has 0 saturated carbocycles. The minimum Gasteiger partial charge on any atom is -0.489 e. The van der Waals surface area contributed by atoms with E-state index in [1.165, 1.54) is 0 Å². The summed E-state index contributed by atoms with van der Waals surface area (Å²) in [6, 6.07) is 22.9. The zero-order chi connectivity index (χ0) is 19.1. The molecule has 0 aromatic heterocycles. The summed E-state index contributed by atoms with van der Waals surface area (Å²) in [4.78, 5) is 12.0. The molecule has 0 radical (unpaired) electrons. The molecule has 0 spiro atoms. The number of carbonyl (C=O) groups excluding carboxylic acids is 1. The zero-order valence-corrected chi connectivity index (χ0v) is 16.4. The summed E-state index contributed by atoms with van der Waals surface area (Å²) in [5.41, 5.74) is 6.13. The highest BCUT2D eigenvalue weighted by atomic mass is 79.9. The van der Waals surface area contributed by atoms with Crippen molar-refractivity contribution in [2.75, 3.05) is 0 Å². The maximum atomic E-state index is 12.0. The number of benzene rings is 3. The van der Waals surface area contributed by atoms with Crippen LogP contribution < -0.4 is 10.2 Å². The second kappa shape index (κ2) is 9.14. The van der Waals surface area contributed by atoms with Crippen molar-refractivity contribution in [3.8, 4) is 5.75 Å². The van der Waals surface area contributed by atoms with Crippen LogP contribution in [0.2, 0.25) is 0 Å². The molecule has 0 aliphatic rings. The van der Waals surface area contributed by atoms with E-state index in [-0.39, 0.29) is 5.91 Å². The van der Waals surface area contributed by atoms with Crippen molar-refractivity contribution in [3.05, 3.63) is 99.5 Å². The van der Waals surface area contributed by atoms with E-state index in [0.717, 1.165) is 26.9 Å². The van der Waals surface area contributed by atoms with Crippen molar-refractivity contribution in [1.82, 2.24) is 5.43 Å². The summed E-state index contributed by atoms with van der Waals surface area (Å²) >= 11 is 3.42. The Labute approximate surface area is 167 Å². The van der Waals surface area contributed by atoms with Crippen molar-refractivity contribution in [3.63, 3.8) is 0 Å². The maximum Gasteiger partial charge on any atom is 0.271 e. The Bertz CT molecular complexity index is 935. The van der Waals surface area contributed by atoms with Crippen LogP contribution in [0, 0.1) is 6.92 Å². The fraction of sp³-hybridized carbons (Fsp3) is 0.0909. The average molecular weight is 423 g/mol. The van der Waals surface area contributed by atoms with Gasteiger partial charge in [0.15, 0.2) is 0 Å². The van der Waals surface area contributed by atoms with Crippen molar-refractivity contribution in [2.24, 2.45) is 5.10 Å². The molecule has 3 rings (SSSR count). The Morgan fingerprint density at radius 1 is 1.07 bits per heavy atom. The topological polar surface area (TPSA) is 50.7 Å². The highest BCUT2D eigenvalue weighted by Crippen LogP contribution is 2.15. The molecule has 3 aromatic rings. The summed E-state index contributed by atoms with van der Waals surface area (Å²) in [5.74, 6) is 0.545. The number of ether oxygens (including phenoxy) is 1. The van der Waals surface area contributed by atoms with Gasteiger partial charge in [-0.05, 0) is 66.6 Å². The second-order valence-electron chi connectivity index (χ2n) is 6.05. The zero-order valence-electron chi connectivity index (χ0n) is 14.9. The van der Waals surface area contributed by atoms with E-state index in [9.17, 15) is 4.79 Å². The fourth-order valence-electron chi connectivity index (χ4n) is 2.41. The summed E-state index contributed by atoms with van der Waals surface area (Å²) in [6.07, 6.45) is 1.60. The van der Waals surface area contributed by atoms with Crippen molar-refractivity contribution in [2.45, 2.75) is 13.5 Å². The first kappa shape index (κ1) is 18.9. The van der Waals surface area contributed by atoms with E-state index < -0.39 is 0 Å². The number of aryl methyl sites for hydroxylation is 1. The van der Waals surface area contributed by atoms with E-state index in [4.69, 9.17) is 4.74 Å². The predicted molar refractivity (Wildman–Crippen MR) is 111 cm³/mol. The van der Waals surface area contributed by atoms with Crippen LogP contribution in [0.15, 0.2) is 82.4 Å². The Morgan fingerprint density at radius 3 is 2.52 bits per heavy atom. The Morgan fingerprint density at radius 2 is 1.81 bits per heavy atom. The van der Waals surface area contributed by atoms with Crippen LogP contribution in [-0.2, 0) is 6.61 Å². The van der Waals surface area contributed by atoms with Crippen molar-refractivity contribution >= 4 is 28.1 Å². The molecular formula is C22H19BrN2O2. The molecule has 0 heterocycles. The van der Waals surface area contributed by atoms with E-state index in [1.807, 2.05) is 73.7 Å². The predicted octanol–water partition coefficient (Wildman–Crippen LogP) is 5.10. The van der Waals surface area contributed by atoms with Crippen LogP contribution in [0.3, 0.4) is 0 Å². The van der Waals surface area contributed by atoms with Gasteiger partial charge in [-0.1, -0.05) is 45.8 Å². The smallest absolute Gasteiger partial charge is 0.271 e. The lowest BCUT2D eigenvalue weighted by Gasteiger charge is -2.06. The molecule has 0 saturated heterocycles. The quantitative estimate of drug-likeness (QED) is 0.443. The summed E-state index contributed by atoms with van der Waals surface area (Å²) in [7, 11) is 0. The fourth-order valence-corrected chi connectivity index (χ4v) is 2.68. The highest BCUT2D eigenvalue weighted by Gasteiger charge is 2.03. The highest BCUT2D eigenvalue weighted by molar-refractivity contribution is 9.10. The molecule has 0 fully saturated rings. The standard InChI is InChI=1S/C22H19BrN2O2/c1-16-3-2-4-19(13-16)22(26)25-24-14-17-7-11-21(12-8-17)27-15-18-5-9-20(23)10-6-18/h2-14H,15H2,1H3,(H,25,26)/b24-14-. The van der Waals surface area contributed by atoms with Gasteiger partial charge in [0.2, 0.25) is 0 Å². The van der Waals surface area contributed by atoms with Gasteiger partial charge >= 0.3 is 0 Å². The molecule has 0 unspecified atom stereocenters. The van der Waals surface area contributed by atoms with Crippen LogP contribution >= 0.6 is 15.9 Å². The minimum atomic E-state index is -0.232. The van der Waals surface area contributed by atoms with E-state index >= 15 is 0 Å². The SMILES string of the molecule is Cc1cccc(C(=O)N/N=C\c2ccc(OCc3ccc(Br)cc3)cc2)c1. The number of amides is 1. The molecule has 1 N–H and O–H groups in total. The molecule has 136 valence electrons. The monoisotopic (exact) mass is 422 g/mol. The summed E-state index contributed by atoms with van der Waals surface area (Å²) < 4.78 is 6.81. The molecule has 4 nitrogen and oxygen atoms in total. The van der Waals surface area contributed by atoms with Crippen LogP contribution in [-0.4, -0.2) is 12.1 Å². The van der Waals surface area contributed by atoms with Gasteiger partial charge in [0, 0.05) is 10.0 Å². The van der Waals surface area contributed by atoms with Gasteiger partial charge in [0.1, 0.15) is 12.4 Å². The van der Waals surface area contributed by atoms with E-state index in [0.29, 0.717) is 12.2 Å². The van der Waals surface area contributed by atoms with Gasteiger partial charge in [-0.25, -0.2) is 5.43 Å². The Balaban J connectivity index is 1.51. The third-order valence-electron chi connectivity index (χ3n) is 3.86. The number of nitrogens with one attached hydrogen (secondary N) is 1. The number of rotatable bonds is 6. The number of carbonyl (C=O) groups is 1. The van der Waals surface area contributed by atoms with Gasteiger partial charge in [-0.3, -0.25) is 4.79 Å². The van der Waals surface area contributed by atoms with Crippen molar-refractivity contribution in [1.29, 1.82) is 0 Å². The van der Waals surface area contributed by atoms with E-state index in [1.54, 1.807) is 12.3 Å². The van der Waals surface area contributed by atoms with Gasteiger partial charge in [-0.15, -0.1) is 0 Å². The summed E-state index contributed by atoms with van der Waals surface area (Å²) in [6.45, 7) is 2.45. The first-order chi connectivity index (χ1) is 13.1. The first-order valence-electron chi connectivity index (χ1n) is 8.47. The number of hydrogen-bond donors (Lipinski definition) is 1. The Kier molecular flexibility index (Phi) is 6.39. The Hall–Kier alpha value is -2.92. The van der Waals surface area contributed by atoms with Gasteiger partial charge in [0.25, 0.3) is 5.91 Å². The lowest BCUT2D eigenvalue weighted by Crippen LogP contribution is -2.17. The number of hydrazone groups is 1. The van der Waals surface area contributed by atoms with Crippen LogP contribution in [0.1, 0.15) is 27.0 Å². The van der Waals surface area contributed by atoms with Gasteiger partial charge < -0.3 is 4.74 Å². The van der Waals surface area contributed by atoms with Crippen LogP contribution in [0.25, 0.3) is 0 Å². The first-order valence-corrected chi connectivity index (χ1v) is 9.27. The minimum absolute atomic E-state index is 0.232. The normalized spacial score (nSPS) is 10.7. The molecular weight excluding hydrogens is 404 g/mol. The molecule has 5 heteroatoms. The van der Waals surface area contributed by atoms with Crippen molar-refractivity contribution < 1.29 is 9.53 Å². The lowest BCUT2D eigenvalue weighted by atomic mass is 10.1. The van der Waals surface area contributed by atoms with Gasteiger partial charge in [0.05, 0.1) is 6.21 Å². The van der Waals surface area contributed by atoms with Crippen LogP contribution in [0.4, 0.5) is 0 Å². The molecule has 3 aromatic carbocycles. The van der Waals surface area contributed by atoms with Gasteiger partial charge in [-0.2, -0.15) is 5.10 Å². The lowest BCUT2D eigenvalue weighted by molar-refractivity contribution is 0.0955. The second-order valence-corrected chi connectivity index (χ2v) is 6.97. The molecule has 0 aliphatic carbocycles.